The van der Waals surface area contributed by atoms with E-state index in [1.54, 1.807) is 18.0 Å². The van der Waals surface area contributed by atoms with Crippen LogP contribution < -0.4 is 4.74 Å². The van der Waals surface area contributed by atoms with Crippen LogP contribution in [0.3, 0.4) is 0 Å². The third kappa shape index (κ3) is 3.72. The van der Waals surface area contributed by atoms with E-state index in [0.29, 0.717) is 30.4 Å². The van der Waals surface area contributed by atoms with Crippen molar-refractivity contribution >= 4 is 11.9 Å². The molecule has 1 aromatic carbocycles. The molecule has 0 radical (unpaired) electrons. The zero-order valence-corrected chi connectivity index (χ0v) is 12.2. The zero-order valence-electron chi connectivity index (χ0n) is 12.2. The van der Waals surface area contributed by atoms with E-state index in [9.17, 15) is 9.59 Å². The van der Waals surface area contributed by atoms with E-state index in [4.69, 9.17) is 14.6 Å². The third-order valence-corrected chi connectivity index (χ3v) is 3.54. The normalized spacial score (nSPS) is 17.5. The molecule has 1 saturated heterocycles. The molecule has 1 heterocycles. The van der Waals surface area contributed by atoms with Gasteiger partial charge in [0, 0.05) is 31.7 Å². The third-order valence-electron chi connectivity index (χ3n) is 3.54. The Hall–Kier alpha value is -2.08. The van der Waals surface area contributed by atoms with E-state index < -0.39 is 5.97 Å². The average molecular weight is 293 g/mol. The average Bonchev–Trinajstić information content (AvgIpc) is 2.98. The minimum atomic E-state index is -1.09. The van der Waals surface area contributed by atoms with Crippen LogP contribution >= 0.6 is 0 Å². The summed E-state index contributed by atoms with van der Waals surface area (Å²) in [5, 5.41) is 9.08. The Morgan fingerprint density at radius 3 is 2.67 bits per heavy atom. The van der Waals surface area contributed by atoms with Gasteiger partial charge in [-0.3, -0.25) is 4.79 Å². The Morgan fingerprint density at radius 2 is 2.10 bits per heavy atom. The van der Waals surface area contributed by atoms with E-state index in [-0.39, 0.29) is 11.5 Å². The number of rotatable bonds is 5. The fourth-order valence-electron chi connectivity index (χ4n) is 2.38. The van der Waals surface area contributed by atoms with Crippen LogP contribution in [0.5, 0.6) is 5.75 Å². The van der Waals surface area contributed by atoms with Gasteiger partial charge < -0.3 is 19.5 Å². The van der Waals surface area contributed by atoms with Crippen LogP contribution in [-0.4, -0.2) is 55.8 Å². The molecule has 1 aromatic rings. The molecule has 6 heteroatoms. The lowest BCUT2D eigenvalue weighted by Crippen LogP contribution is -2.32. The number of carboxylic acid groups (broad SMARTS) is 1. The van der Waals surface area contributed by atoms with Gasteiger partial charge in [0.1, 0.15) is 5.75 Å². The smallest absolute Gasteiger partial charge is 0.335 e. The summed E-state index contributed by atoms with van der Waals surface area (Å²) in [6.07, 6.45) is 0.941. The van der Waals surface area contributed by atoms with Crippen molar-refractivity contribution in [3.8, 4) is 5.75 Å². The van der Waals surface area contributed by atoms with Gasteiger partial charge in [-0.2, -0.15) is 0 Å². The molecular weight excluding hydrogens is 274 g/mol. The van der Waals surface area contributed by atoms with E-state index >= 15 is 0 Å². The lowest BCUT2D eigenvalue weighted by Gasteiger charge is -2.21. The number of carbonyl (C=O) groups is 2. The van der Waals surface area contributed by atoms with E-state index in [1.807, 2.05) is 0 Å². The number of hydrogen-bond donors (Lipinski definition) is 1. The second-order valence-electron chi connectivity index (χ2n) is 5.17. The van der Waals surface area contributed by atoms with Gasteiger partial charge in [-0.25, -0.2) is 4.79 Å². The number of nitrogens with zero attached hydrogens (tertiary/aromatic N) is 1. The van der Waals surface area contributed by atoms with Crippen LogP contribution in [-0.2, 0) is 4.74 Å². The number of aromatic carboxylic acids is 1. The van der Waals surface area contributed by atoms with E-state index in [0.717, 1.165) is 13.0 Å². The maximum Gasteiger partial charge on any atom is 0.335 e. The molecule has 114 valence electrons. The maximum absolute atomic E-state index is 12.4. The van der Waals surface area contributed by atoms with Crippen molar-refractivity contribution in [1.82, 2.24) is 4.90 Å². The lowest BCUT2D eigenvalue weighted by atomic mass is 10.1. The summed E-state index contributed by atoms with van der Waals surface area (Å²) in [5.41, 5.74) is 0.350. The van der Waals surface area contributed by atoms with Crippen LogP contribution in [0.4, 0.5) is 0 Å². The van der Waals surface area contributed by atoms with Crippen LogP contribution in [0.15, 0.2) is 18.2 Å². The van der Waals surface area contributed by atoms with Crippen molar-refractivity contribution in [2.75, 3.05) is 33.9 Å². The van der Waals surface area contributed by atoms with Gasteiger partial charge >= 0.3 is 5.97 Å². The standard InChI is InChI=1S/C15H19NO5/c1-16(8-10-3-4-21-9-10)14(17)11-5-12(15(18)19)7-13(6-11)20-2/h5-7,10H,3-4,8-9H2,1-2H3,(H,18,19)/t10-/m1/s1. The molecule has 0 spiro atoms. The monoisotopic (exact) mass is 293 g/mol. The number of hydrogen-bond acceptors (Lipinski definition) is 4. The van der Waals surface area contributed by atoms with Crippen molar-refractivity contribution in [1.29, 1.82) is 0 Å². The van der Waals surface area contributed by atoms with Gasteiger partial charge in [0.15, 0.2) is 0 Å². The first-order chi connectivity index (χ1) is 10.0. The largest absolute Gasteiger partial charge is 0.497 e. The first-order valence-corrected chi connectivity index (χ1v) is 6.77. The number of amides is 1. The van der Waals surface area contributed by atoms with E-state index in [2.05, 4.69) is 0 Å². The second kappa shape index (κ2) is 6.58. The molecule has 0 saturated carbocycles. The highest BCUT2D eigenvalue weighted by atomic mass is 16.5. The predicted molar refractivity (Wildman–Crippen MR) is 75.8 cm³/mol. The van der Waals surface area contributed by atoms with Gasteiger partial charge in [-0.15, -0.1) is 0 Å². The Labute approximate surface area is 123 Å². The zero-order chi connectivity index (χ0) is 15.4. The van der Waals surface area contributed by atoms with Crippen LogP contribution in [0.2, 0.25) is 0 Å². The van der Waals surface area contributed by atoms with Gasteiger partial charge in [-0.1, -0.05) is 0 Å². The number of benzene rings is 1. The molecule has 0 unspecified atom stereocenters. The highest BCUT2D eigenvalue weighted by Gasteiger charge is 2.22. The summed E-state index contributed by atoms with van der Waals surface area (Å²) in [6, 6.07) is 4.31. The molecule has 1 fully saturated rings. The number of methoxy groups -OCH3 is 1. The first-order valence-electron chi connectivity index (χ1n) is 6.77. The Morgan fingerprint density at radius 1 is 1.38 bits per heavy atom. The summed E-state index contributed by atoms with van der Waals surface area (Å²) in [4.78, 5) is 25.1. The lowest BCUT2D eigenvalue weighted by molar-refractivity contribution is 0.0696. The molecule has 0 aromatic heterocycles. The number of carboxylic acids is 1. The predicted octanol–water partition coefficient (Wildman–Crippen LogP) is 1.50. The number of carbonyl (C=O) groups excluding carboxylic acids is 1. The quantitative estimate of drug-likeness (QED) is 0.890. The highest BCUT2D eigenvalue weighted by Crippen LogP contribution is 2.20. The van der Waals surface area contributed by atoms with Crippen LogP contribution in [0, 0.1) is 5.92 Å². The molecule has 1 amide bonds. The summed E-state index contributed by atoms with van der Waals surface area (Å²) in [5.74, 6) is -0.613. The van der Waals surface area contributed by atoms with Crippen LogP contribution in [0.1, 0.15) is 27.1 Å². The van der Waals surface area contributed by atoms with Gasteiger partial charge in [0.25, 0.3) is 5.91 Å². The minimum absolute atomic E-state index is 0.0373. The fraction of sp³-hybridized carbons (Fsp3) is 0.467. The van der Waals surface area contributed by atoms with E-state index in [1.165, 1.54) is 19.2 Å². The summed E-state index contributed by atoms with van der Waals surface area (Å²) in [6.45, 7) is 1.99. The molecule has 0 aliphatic carbocycles. The minimum Gasteiger partial charge on any atom is -0.497 e. The molecule has 0 bridgehead atoms. The number of ether oxygens (including phenoxy) is 2. The molecule has 21 heavy (non-hydrogen) atoms. The molecule has 6 nitrogen and oxygen atoms in total. The molecular formula is C15H19NO5. The second-order valence-corrected chi connectivity index (χ2v) is 5.17. The van der Waals surface area contributed by atoms with Gasteiger partial charge in [-0.05, 0) is 24.6 Å². The van der Waals surface area contributed by atoms with Crippen molar-refractivity contribution < 1.29 is 24.2 Å². The molecule has 1 N–H and O–H groups in total. The Balaban J connectivity index is 2.16. The molecule has 1 aliphatic heterocycles. The molecule has 1 atom stereocenters. The molecule has 1 aliphatic rings. The summed E-state index contributed by atoms with van der Waals surface area (Å²) >= 11 is 0. The fourth-order valence-corrected chi connectivity index (χ4v) is 2.38. The van der Waals surface area contributed by atoms with Gasteiger partial charge in [0.2, 0.25) is 0 Å². The molecule has 2 rings (SSSR count). The van der Waals surface area contributed by atoms with Crippen molar-refractivity contribution in [2.45, 2.75) is 6.42 Å². The first kappa shape index (κ1) is 15.3. The maximum atomic E-state index is 12.4. The highest BCUT2D eigenvalue weighted by molar-refractivity contribution is 5.98. The van der Waals surface area contributed by atoms with Crippen molar-refractivity contribution in [3.05, 3.63) is 29.3 Å². The topological polar surface area (TPSA) is 76.1 Å². The Kier molecular flexibility index (Phi) is 4.80. The van der Waals surface area contributed by atoms with Gasteiger partial charge in [0.05, 0.1) is 19.3 Å². The Bertz CT molecular complexity index is 537. The van der Waals surface area contributed by atoms with Crippen molar-refractivity contribution in [3.63, 3.8) is 0 Å². The SMILES string of the molecule is COc1cc(C(=O)O)cc(C(=O)N(C)C[C@H]2CCOC2)c1. The van der Waals surface area contributed by atoms with Crippen molar-refractivity contribution in [2.24, 2.45) is 5.92 Å². The summed E-state index contributed by atoms with van der Waals surface area (Å²) < 4.78 is 10.3. The van der Waals surface area contributed by atoms with Crippen LogP contribution in [0.25, 0.3) is 0 Å². The summed E-state index contributed by atoms with van der Waals surface area (Å²) in [7, 11) is 3.15.